The number of non-ortho nitro benzene ring substituents is 1. The number of nitro benzene ring substituents is 2. The van der Waals surface area contributed by atoms with E-state index in [9.17, 15) is 20.2 Å². The Bertz CT molecular complexity index is 863. The molecule has 0 heterocycles. The minimum Gasteiger partial charge on any atom is -0.350 e. The zero-order valence-corrected chi connectivity index (χ0v) is 15.2. The molecule has 9 heteroatoms. The minimum atomic E-state index is -0.651. The Labute approximate surface area is 153 Å². The van der Waals surface area contributed by atoms with Gasteiger partial charge in [-0.2, -0.15) is 0 Å². The Kier molecular flexibility index (Phi) is 5.20. The Morgan fingerprint density at radius 1 is 0.960 bits per heavy atom. The summed E-state index contributed by atoms with van der Waals surface area (Å²) < 4.78 is 0. The zero-order valence-electron chi connectivity index (χ0n) is 13.7. The first-order chi connectivity index (χ1) is 11.5. The van der Waals surface area contributed by atoms with Gasteiger partial charge in [-0.15, -0.1) is 0 Å². The molecule has 1 N–H and O–H groups in total. The fourth-order valence-electron chi connectivity index (χ4n) is 2.30. The Balaban J connectivity index is 2.70. The number of nitrogens with one attached hydrogen (secondary N) is 1. The summed E-state index contributed by atoms with van der Waals surface area (Å²) in [6, 6.07) is 6.98. The Morgan fingerprint density at radius 2 is 1.60 bits per heavy atom. The van der Waals surface area contributed by atoms with Crippen molar-refractivity contribution in [2.75, 3.05) is 5.32 Å². The highest BCUT2D eigenvalue weighted by molar-refractivity contribution is 6.42. The summed E-state index contributed by atoms with van der Waals surface area (Å²) in [6.07, 6.45) is 0. The van der Waals surface area contributed by atoms with Gasteiger partial charge in [0.25, 0.3) is 11.4 Å². The molecule has 0 radical (unpaired) electrons. The predicted molar refractivity (Wildman–Crippen MR) is 98.2 cm³/mol. The number of nitrogens with zero attached hydrogens (tertiary/aromatic N) is 2. The van der Waals surface area contributed by atoms with E-state index >= 15 is 0 Å². The van der Waals surface area contributed by atoms with E-state index in [1.54, 1.807) is 12.1 Å². The van der Waals surface area contributed by atoms with Gasteiger partial charge in [-0.1, -0.05) is 44.0 Å². The third-order valence-corrected chi connectivity index (χ3v) is 4.25. The predicted octanol–water partition coefficient (Wildman–Crippen LogP) is 5.85. The molecule has 0 unspecified atom stereocenters. The number of hydrogen-bond donors (Lipinski definition) is 1. The van der Waals surface area contributed by atoms with Gasteiger partial charge in [-0.05, 0) is 29.2 Å². The van der Waals surface area contributed by atoms with Crippen LogP contribution in [0.5, 0.6) is 0 Å². The van der Waals surface area contributed by atoms with Crippen molar-refractivity contribution in [3.8, 4) is 0 Å². The van der Waals surface area contributed by atoms with Crippen molar-refractivity contribution in [1.29, 1.82) is 0 Å². The lowest BCUT2D eigenvalue weighted by Gasteiger charge is -2.23. The largest absolute Gasteiger partial charge is 0.350 e. The molecule has 2 rings (SSSR count). The Hall–Kier alpha value is -2.38. The average molecular weight is 384 g/mol. The highest BCUT2D eigenvalue weighted by Gasteiger charge is 2.30. The molecule has 25 heavy (non-hydrogen) atoms. The monoisotopic (exact) mass is 383 g/mol. The molecule has 0 aliphatic heterocycles. The molecule has 132 valence electrons. The zero-order chi connectivity index (χ0) is 18.9. The Morgan fingerprint density at radius 3 is 2.08 bits per heavy atom. The minimum absolute atomic E-state index is 0.182. The maximum absolute atomic E-state index is 11.5. The molecular formula is C16H15Cl2N3O4. The first-order valence-corrected chi connectivity index (χ1v) is 7.95. The van der Waals surface area contributed by atoms with Crippen molar-refractivity contribution in [2.45, 2.75) is 26.2 Å². The van der Waals surface area contributed by atoms with E-state index in [4.69, 9.17) is 23.2 Å². The van der Waals surface area contributed by atoms with Gasteiger partial charge in [0.05, 0.1) is 26.0 Å². The van der Waals surface area contributed by atoms with Gasteiger partial charge >= 0.3 is 0 Å². The second-order valence-electron chi connectivity index (χ2n) is 6.41. The van der Waals surface area contributed by atoms with Crippen molar-refractivity contribution >= 4 is 46.0 Å². The van der Waals surface area contributed by atoms with Crippen molar-refractivity contribution in [1.82, 2.24) is 0 Å². The molecule has 0 bridgehead atoms. The van der Waals surface area contributed by atoms with Crippen LogP contribution in [0.15, 0.2) is 30.3 Å². The molecule has 0 spiro atoms. The molecule has 0 saturated heterocycles. The average Bonchev–Trinajstić information content (AvgIpc) is 2.49. The standard InChI is InChI=1S/C16H15Cl2N3O4/c1-16(2,3)11-7-10(20(22)23)8-14(21(24)25)15(11)19-9-4-5-12(17)13(18)6-9/h4-8,19H,1-3H3. The maximum atomic E-state index is 11.5. The SMILES string of the molecule is CC(C)(C)c1cc([N+](=O)[O-])cc([N+](=O)[O-])c1Nc1ccc(Cl)c(Cl)c1. The second kappa shape index (κ2) is 6.85. The van der Waals surface area contributed by atoms with Gasteiger partial charge < -0.3 is 5.32 Å². The van der Waals surface area contributed by atoms with Gasteiger partial charge in [-0.3, -0.25) is 20.2 Å². The van der Waals surface area contributed by atoms with Crippen LogP contribution in [-0.4, -0.2) is 9.85 Å². The van der Waals surface area contributed by atoms with Crippen LogP contribution in [0.25, 0.3) is 0 Å². The number of nitro groups is 2. The lowest BCUT2D eigenvalue weighted by atomic mass is 9.84. The van der Waals surface area contributed by atoms with Crippen molar-refractivity contribution < 1.29 is 9.85 Å². The van der Waals surface area contributed by atoms with Crippen LogP contribution in [0.4, 0.5) is 22.7 Å². The topological polar surface area (TPSA) is 98.3 Å². The number of hydrogen-bond acceptors (Lipinski definition) is 5. The van der Waals surface area contributed by atoms with Crippen molar-refractivity contribution in [3.05, 3.63) is 66.2 Å². The van der Waals surface area contributed by atoms with Crippen LogP contribution < -0.4 is 5.32 Å². The van der Waals surface area contributed by atoms with Crippen LogP contribution in [0.1, 0.15) is 26.3 Å². The maximum Gasteiger partial charge on any atom is 0.299 e. The molecule has 0 aliphatic carbocycles. The highest BCUT2D eigenvalue weighted by Crippen LogP contribution is 2.41. The third-order valence-electron chi connectivity index (χ3n) is 3.51. The van der Waals surface area contributed by atoms with E-state index in [0.717, 1.165) is 6.07 Å². The fourth-order valence-corrected chi connectivity index (χ4v) is 2.60. The summed E-state index contributed by atoms with van der Waals surface area (Å²) in [5.74, 6) is 0. The van der Waals surface area contributed by atoms with E-state index in [2.05, 4.69) is 5.32 Å². The molecular weight excluding hydrogens is 369 g/mol. The second-order valence-corrected chi connectivity index (χ2v) is 7.22. The van der Waals surface area contributed by atoms with E-state index in [-0.39, 0.29) is 22.1 Å². The summed E-state index contributed by atoms with van der Waals surface area (Å²) in [5.41, 5.74) is -0.186. The summed E-state index contributed by atoms with van der Waals surface area (Å²) in [7, 11) is 0. The molecule has 0 amide bonds. The molecule has 0 aromatic heterocycles. The van der Waals surface area contributed by atoms with Crippen LogP contribution in [0, 0.1) is 20.2 Å². The summed E-state index contributed by atoms with van der Waals surface area (Å²) in [4.78, 5) is 21.3. The summed E-state index contributed by atoms with van der Waals surface area (Å²) in [6.45, 7) is 5.45. The quantitative estimate of drug-likeness (QED) is 0.527. The van der Waals surface area contributed by atoms with Gasteiger partial charge in [0.1, 0.15) is 5.69 Å². The van der Waals surface area contributed by atoms with E-state index < -0.39 is 15.3 Å². The van der Waals surface area contributed by atoms with Crippen LogP contribution in [0.2, 0.25) is 10.0 Å². The van der Waals surface area contributed by atoms with E-state index in [1.807, 2.05) is 20.8 Å². The molecule has 2 aromatic carbocycles. The summed E-state index contributed by atoms with van der Waals surface area (Å²) >= 11 is 11.9. The normalized spacial score (nSPS) is 11.2. The molecule has 7 nitrogen and oxygen atoms in total. The first kappa shape index (κ1) is 19.0. The molecule has 0 aliphatic rings. The first-order valence-electron chi connectivity index (χ1n) is 7.20. The van der Waals surface area contributed by atoms with Crippen LogP contribution in [-0.2, 0) is 5.41 Å². The van der Waals surface area contributed by atoms with Gasteiger partial charge in [0, 0.05) is 11.8 Å². The number of anilines is 2. The lowest BCUT2D eigenvalue weighted by Crippen LogP contribution is -2.15. The van der Waals surface area contributed by atoms with Crippen LogP contribution in [0.3, 0.4) is 0 Å². The van der Waals surface area contributed by atoms with Gasteiger partial charge in [0.15, 0.2) is 0 Å². The van der Waals surface area contributed by atoms with Gasteiger partial charge in [-0.25, -0.2) is 0 Å². The molecule has 0 atom stereocenters. The highest BCUT2D eigenvalue weighted by atomic mass is 35.5. The fraction of sp³-hybridized carbons (Fsp3) is 0.250. The smallest absolute Gasteiger partial charge is 0.299 e. The van der Waals surface area contributed by atoms with Crippen molar-refractivity contribution in [2.24, 2.45) is 0 Å². The molecule has 0 saturated carbocycles. The number of rotatable bonds is 4. The van der Waals surface area contributed by atoms with Crippen LogP contribution >= 0.6 is 23.2 Å². The number of benzene rings is 2. The summed E-state index contributed by atoms with van der Waals surface area (Å²) in [5, 5.41) is 26.2. The van der Waals surface area contributed by atoms with E-state index in [0.29, 0.717) is 16.3 Å². The van der Waals surface area contributed by atoms with E-state index in [1.165, 1.54) is 12.1 Å². The number of halogens is 2. The lowest BCUT2D eigenvalue weighted by molar-refractivity contribution is -0.393. The van der Waals surface area contributed by atoms with Crippen molar-refractivity contribution in [3.63, 3.8) is 0 Å². The third kappa shape index (κ3) is 4.18. The van der Waals surface area contributed by atoms with Gasteiger partial charge in [0.2, 0.25) is 0 Å². The molecule has 0 fully saturated rings. The molecule has 2 aromatic rings.